The molecule has 0 aliphatic rings. The molecule has 0 heterocycles. The number of carboxylic acid groups (broad SMARTS) is 1. The van der Waals surface area contributed by atoms with Crippen LogP contribution in [0.4, 0.5) is 10.5 Å². The molecule has 6 nitrogen and oxygen atoms in total. The van der Waals surface area contributed by atoms with E-state index in [0.717, 1.165) is 12.8 Å². The van der Waals surface area contributed by atoms with Gasteiger partial charge in [-0.05, 0) is 18.6 Å². The van der Waals surface area contributed by atoms with E-state index < -0.39 is 5.97 Å². The van der Waals surface area contributed by atoms with Crippen molar-refractivity contribution < 1.29 is 19.8 Å². The van der Waals surface area contributed by atoms with Crippen LogP contribution in [0.15, 0.2) is 18.2 Å². The molecule has 0 unspecified atom stereocenters. The minimum atomic E-state index is -1.21. The lowest BCUT2D eigenvalue weighted by Gasteiger charge is -2.09. The minimum Gasteiger partial charge on any atom is -0.507 e. The topological polar surface area (TPSA) is 98.7 Å². The number of rotatable bonds is 11. The number of aromatic carboxylic acids is 1. The number of nitrogens with one attached hydrogen (secondary N) is 2. The van der Waals surface area contributed by atoms with Gasteiger partial charge in [0.05, 0.1) is 0 Å². The molecule has 4 N–H and O–H groups in total. The van der Waals surface area contributed by atoms with Gasteiger partial charge in [0.2, 0.25) is 0 Å². The van der Waals surface area contributed by atoms with Crippen molar-refractivity contribution >= 4 is 17.7 Å². The first-order valence-corrected chi connectivity index (χ1v) is 8.65. The summed E-state index contributed by atoms with van der Waals surface area (Å²) in [6.07, 6.45) is 9.65. The number of hydrogen-bond acceptors (Lipinski definition) is 3. The monoisotopic (exact) mass is 336 g/mol. The summed E-state index contributed by atoms with van der Waals surface area (Å²) in [4.78, 5) is 22.5. The Hall–Kier alpha value is -2.24. The molecule has 6 heteroatoms. The van der Waals surface area contributed by atoms with Crippen LogP contribution in [0.5, 0.6) is 5.75 Å². The van der Waals surface area contributed by atoms with Crippen molar-refractivity contribution in [3.63, 3.8) is 0 Å². The Morgan fingerprint density at radius 1 is 1.00 bits per heavy atom. The smallest absolute Gasteiger partial charge is 0.339 e. The summed E-state index contributed by atoms with van der Waals surface area (Å²) in [5.41, 5.74) is 0.158. The zero-order valence-electron chi connectivity index (χ0n) is 14.3. The number of unbranched alkanes of at least 4 members (excludes halogenated alkanes) is 7. The summed E-state index contributed by atoms with van der Waals surface area (Å²) >= 11 is 0. The van der Waals surface area contributed by atoms with Crippen LogP contribution < -0.4 is 10.6 Å². The fourth-order valence-electron chi connectivity index (χ4n) is 2.43. The fourth-order valence-corrected chi connectivity index (χ4v) is 2.43. The van der Waals surface area contributed by atoms with Gasteiger partial charge in [-0.15, -0.1) is 0 Å². The van der Waals surface area contributed by atoms with Gasteiger partial charge in [0.25, 0.3) is 0 Å². The Balaban J connectivity index is 2.16. The van der Waals surface area contributed by atoms with Gasteiger partial charge in [-0.25, -0.2) is 9.59 Å². The third kappa shape index (κ3) is 7.85. The highest BCUT2D eigenvalue weighted by atomic mass is 16.4. The molecule has 0 saturated carbocycles. The van der Waals surface area contributed by atoms with Gasteiger partial charge in [0.1, 0.15) is 11.3 Å². The van der Waals surface area contributed by atoms with Gasteiger partial charge in [-0.3, -0.25) is 0 Å². The largest absolute Gasteiger partial charge is 0.507 e. The highest BCUT2D eigenvalue weighted by Gasteiger charge is 2.10. The van der Waals surface area contributed by atoms with Crippen LogP contribution in [0.25, 0.3) is 0 Å². The molecule has 0 aliphatic carbocycles. The van der Waals surface area contributed by atoms with Gasteiger partial charge in [-0.2, -0.15) is 0 Å². The molecule has 0 bridgehead atoms. The lowest BCUT2D eigenvalue weighted by molar-refractivity contribution is 0.0694. The Kier molecular flexibility index (Phi) is 9.34. The average molecular weight is 336 g/mol. The number of urea groups is 1. The molecule has 0 atom stereocenters. The predicted octanol–water partition coefficient (Wildman–Crippen LogP) is 4.35. The molecular weight excluding hydrogens is 308 g/mol. The van der Waals surface area contributed by atoms with Crippen LogP contribution in [0, 0.1) is 0 Å². The maximum atomic E-state index is 11.7. The zero-order chi connectivity index (χ0) is 17.8. The van der Waals surface area contributed by atoms with E-state index in [4.69, 9.17) is 5.11 Å². The van der Waals surface area contributed by atoms with Gasteiger partial charge in [-0.1, -0.05) is 51.9 Å². The number of aromatic hydroxyl groups is 1. The standard InChI is InChI=1S/C18H28N2O4/c1-2-3-4-5-6-7-8-9-12-19-18(24)20-14-10-11-15(17(22)23)16(21)13-14/h10-11,13,21H,2-9,12H2,1H3,(H,22,23)(H2,19,20,24). The number of carboxylic acids is 1. The molecule has 1 aromatic carbocycles. The second-order valence-electron chi connectivity index (χ2n) is 5.89. The molecular formula is C18H28N2O4. The Labute approximate surface area is 143 Å². The normalized spacial score (nSPS) is 10.4. The SMILES string of the molecule is CCCCCCCCCCNC(=O)Nc1ccc(C(=O)O)c(O)c1. The van der Waals surface area contributed by atoms with Crippen molar-refractivity contribution in [1.29, 1.82) is 0 Å². The average Bonchev–Trinajstić information content (AvgIpc) is 2.53. The first kappa shape index (κ1) is 19.8. The maximum Gasteiger partial charge on any atom is 0.339 e. The molecule has 0 saturated heterocycles. The predicted molar refractivity (Wildman–Crippen MR) is 94.7 cm³/mol. The Morgan fingerprint density at radius 2 is 1.62 bits per heavy atom. The molecule has 134 valence electrons. The molecule has 0 spiro atoms. The molecule has 0 aliphatic heterocycles. The molecule has 1 rings (SSSR count). The van der Waals surface area contributed by atoms with E-state index in [1.54, 1.807) is 0 Å². The van der Waals surface area contributed by atoms with Crippen molar-refractivity contribution in [2.75, 3.05) is 11.9 Å². The maximum absolute atomic E-state index is 11.7. The summed E-state index contributed by atoms with van der Waals surface area (Å²) in [5, 5.41) is 23.7. The van der Waals surface area contributed by atoms with Crippen molar-refractivity contribution in [2.24, 2.45) is 0 Å². The summed E-state index contributed by atoms with van der Waals surface area (Å²) in [7, 11) is 0. The molecule has 2 amide bonds. The summed E-state index contributed by atoms with van der Waals surface area (Å²) < 4.78 is 0. The molecule has 0 fully saturated rings. The van der Waals surface area contributed by atoms with Crippen LogP contribution >= 0.6 is 0 Å². The van der Waals surface area contributed by atoms with Gasteiger partial charge < -0.3 is 20.8 Å². The van der Waals surface area contributed by atoms with E-state index in [1.807, 2.05) is 0 Å². The van der Waals surface area contributed by atoms with Crippen LogP contribution in [0.3, 0.4) is 0 Å². The Morgan fingerprint density at radius 3 is 2.21 bits per heavy atom. The van der Waals surface area contributed by atoms with E-state index in [9.17, 15) is 14.7 Å². The zero-order valence-corrected chi connectivity index (χ0v) is 14.3. The third-order valence-electron chi connectivity index (χ3n) is 3.80. The van der Waals surface area contributed by atoms with Crippen LogP contribution in [-0.4, -0.2) is 28.8 Å². The van der Waals surface area contributed by atoms with Crippen molar-refractivity contribution in [2.45, 2.75) is 58.3 Å². The summed E-state index contributed by atoms with van der Waals surface area (Å²) in [5.74, 6) is -1.58. The molecule has 0 radical (unpaired) electrons. The second kappa shape index (κ2) is 11.3. The van der Waals surface area contributed by atoms with E-state index in [-0.39, 0.29) is 17.3 Å². The van der Waals surface area contributed by atoms with E-state index >= 15 is 0 Å². The lowest BCUT2D eigenvalue weighted by Crippen LogP contribution is -2.29. The summed E-state index contributed by atoms with van der Waals surface area (Å²) in [6.45, 7) is 2.80. The molecule has 1 aromatic rings. The van der Waals surface area contributed by atoms with Crippen LogP contribution in [-0.2, 0) is 0 Å². The van der Waals surface area contributed by atoms with Crippen LogP contribution in [0.1, 0.15) is 68.6 Å². The minimum absolute atomic E-state index is 0.195. The van der Waals surface area contributed by atoms with E-state index in [0.29, 0.717) is 12.2 Å². The molecule has 0 aromatic heterocycles. The number of hydrogen-bond donors (Lipinski definition) is 4. The second-order valence-corrected chi connectivity index (χ2v) is 5.89. The van der Waals surface area contributed by atoms with Gasteiger partial charge in [0, 0.05) is 18.3 Å². The number of anilines is 1. The van der Waals surface area contributed by atoms with E-state index in [2.05, 4.69) is 17.6 Å². The number of benzene rings is 1. The van der Waals surface area contributed by atoms with Crippen LogP contribution in [0.2, 0.25) is 0 Å². The summed E-state index contributed by atoms with van der Waals surface area (Å²) in [6, 6.07) is 3.56. The fraction of sp³-hybridized carbons (Fsp3) is 0.556. The quantitative estimate of drug-likeness (QED) is 0.451. The van der Waals surface area contributed by atoms with Crippen molar-refractivity contribution in [1.82, 2.24) is 5.32 Å². The first-order chi connectivity index (χ1) is 11.5. The van der Waals surface area contributed by atoms with Gasteiger partial charge in [0.15, 0.2) is 0 Å². The number of carbonyl (C=O) groups is 2. The highest BCUT2D eigenvalue weighted by Crippen LogP contribution is 2.21. The van der Waals surface area contributed by atoms with E-state index in [1.165, 1.54) is 56.7 Å². The number of phenols is 1. The third-order valence-corrected chi connectivity index (χ3v) is 3.80. The van der Waals surface area contributed by atoms with Crippen molar-refractivity contribution in [3.8, 4) is 5.75 Å². The van der Waals surface area contributed by atoms with Gasteiger partial charge >= 0.3 is 12.0 Å². The van der Waals surface area contributed by atoms with Crippen molar-refractivity contribution in [3.05, 3.63) is 23.8 Å². The lowest BCUT2D eigenvalue weighted by atomic mass is 10.1. The first-order valence-electron chi connectivity index (χ1n) is 8.65. The molecule has 24 heavy (non-hydrogen) atoms. The highest BCUT2D eigenvalue weighted by molar-refractivity contribution is 5.93. The number of carbonyl (C=O) groups excluding carboxylic acids is 1. The Bertz CT molecular complexity index is 532. The number of amides is 2.